The third kappa shape index (κ3) is 6.38. The number of rotatable bonds is 6. The molecule has 0 aromatic heterocycles. The number of sulfonamides is 1. The average molecular weight is 581 g/mol. The van der Waals surface area contributed by atoms with Crippen LogP contribution in [-0.4, -0.2) is 67.7 Å². The van der Waals surface area contributed by atoms with Gasteiger partial charge in [0.25, 0.3) is 5.91 Å². The van der Waals surface area contributed by atoms with Gasteiger partial charge in [-0.15, -0.1) is 0 Å². The van der Waals surface area contributed by atoms with Crippen molar-refractivity contribution in [3.8, 4) is 23.3 Å². The number of carbonyl (C=O) groups excluding carboxylic acids is 1. The molecule has 0 unspecified atom stereocenters. The Kier molecular flexibility index (Phi) is 8.24. The van der Waals surface area contributed by atoms with Gasteiger partial charge in [0.2, 0.25) is 10.0 Å². The van der Waals surface area contributed by atoms with Gasteiger partial charge in [0.1, 0.15) is 5.75 Å². The Hall–Kier alpha value is -3.54. The van der Waals surface area contributed by atoms with Crippen molar-refractivity contribution in [2.45, 2.75) is 13.1 Å². The van der Waals surface area contributed by atoms with Crippen molar-refractivity contribution in [3.63, 3.8) is 0 Å². The molecule has 2 heterocycles. The largest absolute Gasteiger partial charge is 0.493 e. The molecule has 0 saturated carbocycles. The lowest BCUT2D eigenvalue weighted by Crippen LogP contribution is -2.50. The Morgan fingerprint density at radius 2 is 1.79 bits per heavy atom. The first-order valence-corrected chi connectivity index (χ1v) is 14.1. The first kappa shape index (κ1) is 28.5. The molecule has 9 nitrogen and oxygen atoms in total. The highest BCUT2D eigenvalue weighted by Crippen LogP contribution is 2.41. The molecule has 2 aromatic carbocycles. The van der Waals surface area contributed by atoms with Gasteiger partial charge in [0.15, 0.2) is 16.7 Å². The van der Waals surface area contributed by atoms with E-state index in [4.69, 9.17) is 14.7 Å². The summed E-state index contributed by atoms with van der Waals surface area (Å²) in [5.74, 6) is -0.774. The fourth-order valence-electron chi connectivity index (χ4n) is 3.91. The Labute approximate surface area is 227 Å². The van der Waals surface area contributed by atoms with Gasteiger partial charge >= 0.3 is 6.18 Å². The van der Waals surface area contributed by atoms with E-state index in [0.29, 0.717) is 47.9 Å². The van der Waals surface area contributed by atoms with Crippen LogP contribution in [0.15, 0.2) is 46.3 Å². The Balaban J connectivity index is 1.49. The van der Waals surface area contributed by atoms with Crippen molar-refractivity contribution in [1.82, 2.24) is 9.21 Å². The zero-order chi connectivity index (χ0) is 28.4. The van der Waals surface area contributed by atoms with Crippen molar-refractivity contribution in [1.29, 1.82) is 5.26 Å². The predicted molar refractivity (Wildman–Crippen MR) is 140 cm³/mol. The smallest absolute Gasteiger partial charge is 0.420 e. The summed E-state index contributed by atoms with van der Waals surface area (Å²) in [5, 5.41) is 9.43. The Morgan fingerprint density at radius 3 is 2.41 bits per heavy atom. The van der Waals surface area contributed by atoms with Gasteiger partial charge < -0.3 is 14.4 Å². The summed E-state index contributed by atoms with van der Waals surface area (Å²) >= 11 is 1.16. The molecule has 0 bridgehead atoms. The number of hydrogen-bond acceptors (Lipinski definition) is 8. The molecular weight excluding hydrogens is 557 g/mol. The van der Waals surface area contributed by atoms with E-state index in [9.17, 15) is 26.4 Å². The van der Waals surface area contributed by atoms with E-state index in [2.05, 4.69) is 4.99 Å². The molecule has 2 aliphatic heterocycles. The quantitative estimate of drug-likeness (QED) is 0.465. The lowest BCUT2D eigenvalue weighted by Gasteiger charge is -2.34. The van der Waals surface area contributed by atoms with E-state index in [-0.39, 0.29) is 22.8 Å². The minimum absolute atomic E-state index is 0.0112. The fraction of sp³-hybridized carbons (Fsp3) is 0.320. The summed E-state index contributed by atoms with van der Waals surface area (Å²) in [4.78, 5) is 18.8. The zero-order valence-electron chi connectivity index (χ0n) is 20.9. The van der Waals surface area contributed by atoms with Crippen molar-refractivity contribution in [2.24, 2.45) is 4.99 Å². The van der Waals surface area contributed by atoms with Crippen LogP contribution in [0.3, 0.4) is 0 Å². The van der Waals surface area contributed by atoms with Crippen molar-refractivity contribution in [3.05, 3.63) is 58.0 Å². The highest BCUT2D eigenvalue weighted by molar-refractivity contribution is 8.18. The number of alkyl halides is 3. The van der Waals surface area contributed by atoms with Crippen molar-refractivity contribution < 1.29 is 35.9 Å². The van der Waals surface area contributed by atoms with Crippen LogP contribution in [0.25, 0.3) is 6.08 Å². The monoisotopic (exact) mass is 580 g/mol. The van der Waals surface area contributed by atoms with Crippen LogP contribution in [0.2, 0.25) is 0 Å². The molecule has 0 spiro atoms. The summed E-state index contributed by atoms with van der Waals surface area (Å²) < 4.78 is 77.0. The number of carbonyl (C=O) groups is 1. The van der Waals surface area contributed by atoms with E-state index in [1.165, 1.54) is 29.6 Å². The maximum Gasteiger partial charge on any atom is 0.420 e. The molecule has 0 radical (unpaired) electrons. The SMILES string of the molecule is CCS(=O)(=O)N1CCN(C2=NC(=O)/C(=C\c3ccc(Oc4ccc(C#N)cc4C(F)(F)F)c(OC)c3)S2)CC1. The summed E-state index contributed by atoms with van der Waals surface area (Å²) in [6.07, 6.45) is -3.16. The maximum atomic E-state index is 13.5. The number of nitrogens with zero attached hydrogens (tertiary/aromatic N) is 4. The third-order valence-corrected chi connectivity index (χ3v) is 8.92. The van der Waals surface area contributed by atoms with Gasteiger partial charge in [-0.25, -0.2) is 8.42 Å². The number of thioether (sulfide) groups is 1. The van der Waals surface area contributed by atoms with Crippen molar-refractivity contribution >= 4 is 38.9 Å². The standard InChI is InChI=1S/C25H23F3N4O5S2/c1-3-39(34,35)32-10-8-31(9-11-32)24-30-23(33)22(38-24)14-16-4-7-20(21(13-16)36-2)37-19-6-5-17(15-29)12-18(19)25(26,27)28/h4-7,12-14H,3,8-11H2,1-2H3/b22-14+. The molecule has 0 atom stereocenters. The van der Waals surface area contributed by atoms with Crippen LogP contribution in [0, 0.1) is 11.3 Å². The van der Waals surface area contributed by atoms with E-state index in [0.717, 1.165) is 17.8 Å². The average Bonchev–Trinajstić information content (AvgIpc) is 3.28. The van der Waals surface area contributed by atoms with Crippen LogP contribution in [0.4, 0.5) is 13.2 Å². The number of hydrogen-bond donors (Lipinski definition) is 0. The minimum atomic E-state index is -4.74. The number of aliphatic imine (C=N–C) groups is 1. The number of amidine groups is 1. The van der Waals surface area contributed by atoms with E-state index >= 15 is 0 Å². The number of nitriles is 1. The molecule has 0 N–H and O–H groups in total. The number of benzene rings is 2. The number of amides is 1. The normalized spacial score (nSPS) is 17.7. The van der Waals surface area contributed by atoms with Gasteiger partial charge in [-0.1, -0.05) is 6.07 Å². The molecular formula is C25H23F3N4O5S2. The van der Waals surface area contributed by atoms with Crippen LogP contribution in [0.5, 0.6) is 17.2 Å². The number of methoxy groups -OCH3 is 1. The molecule has 1 fully saturated rings. The molecule has 2 aromatic rings. The zero-order valence-corrected chi connectivity index (χ0v) is 22.5. The van der Waals surface area contributed by atoms with Crippen LogP contribution in [-0.2, 0) is 21.0 Å². The summed E-state index contributed by atoms with van der Waals surface area (Å²) in [7, 11) is -1.95. The fourth-order valence-corrected chi connectivity index (χ4v) is 5.96. The van der Waals surface area contributed by atoms with E-state index in [1.807, 2.05) is 4.90 Å². The second-order valence-electron chi connectivity index (χ2n) is 8.43. The topological polar surface area (TPSA) is 112 Å². The van der Waals surface area contributed by atoms with Crippen molar-refractivity contribution in [2.75, 3.05) is 39.0 Å². The molecule has 4 rings (SSSR count). The van der Waals surface area contributed by atoms with Crippen LogP contribution in [0.1, 0.15) is 23.6 Å². The molecule has 206 valence electrons. The highest BCUT2D eigenvalue weighted by atomic mass is 32.2. The number of ether oxygens (including phenoxy) is 2. The Morgan fingerprint density at radius 1 is 1.10 bits per heavy atom. The van der Waals surface area contributed by atoms with E-state index < -0.39 is 33.4 Å². The van der Waals surface area contributed by atoms with Crippen LogP contribution >= 0.6 is 11.8 Å². The molecule has 1 amide bonds. The molecule has 39 heavy (non-hydrogen) atoms. The van der Waals surface area contributed by atoms with Crippen LogP contribution < -0.4 is 9.47 Å². The third-order valence-electron chi connectivity index (χ3n) is 6.00. The second-order valence-corrected chi connectivity index (χ2v) is 11.7. The van der Waals surface area contributed by atoms with Gasteiger partial charge in [-0.2, -0.15) is 27.7 Å². The second kappa shape index (κ2) is 11.3. The van der Waals surface area contributed by atoms with Gasteiger partial charge in [-0.3, -0.25) is 4.79 Å². The van der Waals surface area contributed by atoms with Gasteiger partial charge in [-0.05, 0) is 60.7 Å². The van der Waals surface area contributed by atoms with Gasteiger partial charge in [0, 0.05) is 26.2 Å². The highest BCUT2D eigenvalue weighted by Gasteiger charge is 2.35. The lowest BCUT2D eigenvalue weighted by molar-refractivity contribution is -0.138. The summed E-state index contributed by atoms with van der Waals surface area (Å²) in [5.41, 5.74) is -0.724. The number of halogens is 3. The molecule has 14 heteroatoms. The minimum Gasteiger partial charge on any atom is -0.493 e. The molecule has 1 saturated heterocycles. The predicted octanol–water partition coefficient (Wildman–Crippen LogP) is 4.32. The summed E-state index contributed by atoms with van der Waals surface area (Å²) in [6.45, 7) is 3.00. The maximum absolute atomic E-state index is 13.5. The van der Waals surface area contributed by atoms with E-state index in [1.54, 1.807) is 25.1 Å². The summed E-state index contributed by atoms with van der Waals surface area (Å²) in [6, 6.07) is 9.17. The van der Waals surface area contributed by atoms with Gasteiger partial charge in [0.05, 0.1) is 35.0 Å². The Bertz CT molecular complexity index is 1490. The molecule has 2 aliphatic rings. The molecule has 0 aliphatic carbocycles. The lowest BCUT2D eigenvalue weighted by atomic mass is 10.1. The number of piperazine rings is 1. The first-order valence-electron chi connectivity index (χ1n) is 11.7. The first-order chi connectivity index (χ1) is 18.4.